The number of aromatic nitrogens is 4. The van der Waals surface area contributed by atoms with Crippen LogP contribution < -0.4 is 10.1 Å². The van der Waals surface area contributed by atoms with E-state index in [1.54, 1.807) is 7.11 Å². The van der Waals surface area contributed by atoms with Crippen LogP contribution in [-0.2, 0) is 11.2 Å². The summed E-state index contributed by atoms with van der Waals surface area (Å²) in [6.07, 6.45) is 4.96. The molecule has 0 saturated carbocycles. The van der Waals surface area contributed by atoms with E-state index >= 15 is 0 Å². The van der Waals surface area contributed by atoms with Crippen LogP contribution in [0.25, 0.3) is 5.65 Å². The first-order chi connectivity index (χ1) is 16.0. The van der Waals surface area contributed by atoms with Crippen molar-refractivity contribution in [3.8, 4) is 5.75 Å². The Labute approximate surface area is 196 Å². The predicted octanol–water partition coefficient (Wildman–Crippen LogP) is 4.08. The van der Waals surface area contributed by atoms with E-state index in [0.29, 0.717) is 5.92 Å². The summed E-state index contributed by atoms with van der Waals surface area (Å²) in [7, 11) is 1.69. The van der Waals surface area contributed by atoms with Crippen LogP contribution in [0, 0.1) is 0 Å². The minimum absolute atomic E-state index is 0.0408. The topological polar surface area (TPSA) is 76.8 Å². The molecule has 1 atom stereocenters. The lowest BCUT2D eigenvalue weighted by atomic mass is 10.1. The maximum atomic E-state index is 5.44. The van der Waals surface area contributed by atoms with Crippen LogP contribution in [0.5, 0.6) is 5.75 Å². The number of aryl methyl sites for hydroxylation is 1. The quantitative estimate of drug-likeness (QED) is 0.464. The number of unbranched alkanes of at least 4 members (excludes halogenated alkanes) is 1. The van der Waals surface area contributed by atoms with Crippen LogP contribution in [0.15, 0.2) is 30.5 Å². The van der Waals surface area contributed by atoms with Crippen molar-refractivity contribution in [1.29, 1.82) is 0 Å². The molecule has 1 saturated heterocycles. The van der Waals surface area contributed by atoms with Gasteiger partial charge in [-0.2, -0.15) is 14.6 Å². The highest BCUT2D eigenvalue weighted by Gasteiger charge is 2.17. The van der Waals surface area contributed by atoms with Gasteiger partial charge in [-0.15, -0.1) is 0 Å². The Hall–Kier alpha value is -2.71. The fourth-order valence-corrected chi connectivity index (χ4v) is 4.18. The summed E-state index contributed by atoms with van der Waals surface area (Å²) in [5.41, 5.74) is 3.16. The summed E-state index contributed by atoms with van der Waals surface area (Å²) in [4.78, 5) is 12.3. The molecular weight excluding hydrogens is 416 g/mol. The predicted molar refractivity (Wildman–Crippen MR) is 130 cm³/mol. The van der Waals surface area contributed by atoms with Crippen molar-refractivity contribution < 1.29 is 9.47 Å². The van der Waals surface area contributed by atoms with Gasteiger partial charge in [0.2, 0.25) is 5.95 Å². The Kier molecular flexibility index (Phi) is 7.77. The van der Waals surface area contributed by atoms with E-state index in [2.05, 4.69) is 42.2 Å². The normalized spacial score (nSPS) is 15.8. The summed E-state index contributed by atoms with van der Waals surface area (Å²) >= 11 is 0. The van der Waals surface area contributed by atoms with Crippen LogP contribution in [0.3, 0.4) is 0 Å². The Bertz CT molecular complexity index is 1040. The van der Waals surface area contributed by atoms with Gasteiger partial charge in [-0.1, -0.05) is 26.0 Å². The zero-order valence-electron chi connectivity index (χ0n) is 20.3. The second-order valence-electron chi connectivity index (χ2n) is 9.01. The summed E-state index contributed by atoms with van der Waals surface area (Å²) in [6.45, 7) is 11.3. The first kappa shape index (κ1) is 23.4. The fraction of sp³-hybridized carbons (Fsp3) is 0.560. The molecule has 178 valence electrons. The molecule has 3 heterocycles. The van der Waals surface area contributed by atoms with E-state index in [4.69, 9.17) is 19.4 Å². The van der Waals surface area contributed by atoms with Gasteiger partial charge in [0, 0.05) is 25.1 Å². The smallest absolute Gasteiger partial charge is 0.228 e. The van der Waals surface area contributed by atoms with E-state index in [9.17, 15) is 0 Å². The third-order valence-corrected chi connectivity index (χ3v) is 6.23. The molecule has 4 rings (SSSR count). The monoisotopic (exact) mass is 452 g/mol. The molecular formula is C25H36N6O2. The van der Waals surface area contributed by atoms with Crippen molar-refractivity contribution >= 4 is 11.6 Å². The zero-order chi connectivity index (χ0) is 23.2. The van der Waals surface area contributed by atoms with Gasteiger partial charge in [0.25, 0.3) is 0 Å². The highest BCUT2D eigenvalue weighted by Crippen LogP contribution is 2.25. The molecule has 2 aromatic heterocycles. The molecule has 1 aromatic carbocycles. The molecule has 1 aliphatic heterocycles. The van der Waals surface area contributed by atoms with E-state index < -0.39 is 0 Å². The van der Waals surface area contributed by atoms with Gasteiger partial charge in [0.05, 0.1) is 32.6 Å². The standard InChI is InChI=1S/C25H36N6O2/c1-18(2)22-17-26-31-24(22)28-23(10-5-6-11-30-12-14-33-15-13-30)29-25(31)27-19(3)20-8-7-9-21(16-20)32-4/h7-9,16-19H,5-6,10-15H2,1-4H3,(H,27,28,29)/t19-/m0/s1. The minimum Gasteiger partial charge on any atom is -0.497 e. The van der Waals surface area contributed by atoms with Gasteiger partial charge in [0.15, 0.2) is 5.65 Å². The van der Waals surface area contributed by atoms with Gasteiger partial charge >= 0.3 is 0 Å². The number of rotatable bonds is 10. The van der Waals surface area contributed by atoms with Gasteiger partial charge < -0.3 is 14.8 Å². The average molecular weight is 453 g/mol. The SMILES string of the molecule is COc1cccc([C@H](C)Nc2nc(CCCCN3CCOCC3)nc3c(C(C)C)cnn23)c1. The lowest BCUT2D eigenvalue weighted by Gasteiger charge is -2.26. The van der Waals surface area contributed by atoms with Crippen LogP contribution in [0.1, 0.15) is 62.5 Å². The summed E-state index contributed by atoms with van der Waals surface area (Å²) in [6, 6.07) is 8.14. The van der Waals surface area contributed by atoms with Crippen molar-refractivity contribution in [2.75, 3.05) is 45.3 Å². The number of nitrogens with zero attached hydrogens (tertiary/aromatic N) is 5. The van der Waals surface area contributed by atoms with Crippen molar-refractivity contribution in [1.82, 2.24) is 24.5 Å². The van der Waals surface area contributed by atoms with Gasteiger partial charge in [-0.05, 0) is 49.9 Å². The summed E-state index contributed by atoms with van der Waals surface area (Å²) < 4.78 is 12.7. The number of nitrogens with one attached hydrogen (secondary N) is 1. The third kappa shape index (κ3) is 5.81. The molecule has 0 amide bonds. The van der Waals surface area contributed by atoms with Gasteiger partial charge in [0.1, 0.15) is 11.6 Å². The van der Waals surface area contributed by atoms with Crippen molar-refractivity contribution in [3.05, 3.63) is 47.4 Å². The summed E-state index contributed by atoms with van der Waals surface area (Å²) in [5.74, 6) is 2.78. The number of ether oxygens (including phenoxy) is 2. The first-order valence-electron chi connectivity index (χ1n) is 12.0. The number of hydrogen-bond acceptors (Lipinski definition) is 7. The molecule has 0 spiro atoms. The minimum atomic E-state index is 0.0408. The average Bonchev–Trinajstić information content (AvgIpc) is 3.27. The molecule has 1 fully saturated rings. The van der Waals surface area contributed by atoms with E-state index in [1.165, 1.54) is 0 Å². The Morgan fingerprint density at radius 1 is 1.12 bits per heavy atom. The summed E-state index contributed by atoms with van der Waals surface area (Å²) in [5, 5.41) is 8.16. The molecule has 1 N–H and O–H groups in total. The molecule has 0 bridgehead atoms. The third-order valence-electron chi connectivity index (χ3n) is 6.23. The second-order valence-corrected chi connectivity index (χ2v) is 9.01. The number of fused-ring (bicyclic) bond motifs is 1. The van der Waals surface area contributed by atoms with Crippen molar-refractivity contribution in [2.45, 2.75) is 52.0 Å². The Morgan fingerprint density at radius 3 is 2.70 bits per heavy atom. The van der Waals surface area contributed by atoms with Crippen LogP contribution in [0.2, 0.25) is 0 Å². The molecule has 8 nitrogen and oxygen atoms in total. The molecule has 0 radical (unpaired) electrons. The van der Waals surface area contributed by atoms with Gasteiger partial charge in [-0.25, -0.2) is 4.98 Å². The van der Waals surface area contributed by atoms with Crippen molar-refractivity contribution in [3.63, 3.8) is 0 Å². The van der Waals surface area contributed by atoms with E-state index in [0.717, 1.165) is 86.4 Å². The Balaban J connectivity index is 1.51. The number of methoxy groups -OCH3 is 1. The van der Waals surface area contributed by atoms with E-state index in [1.807, 2.05) is 28.9 Å². The fourth-order valence-electron chi connectivity index (χ4n) is 4.18. The number of hydrogen-bond donors (Lipinski definition) is 1. The van der Waals surface area contributed by atoms with Crippen molar-refractivity contribution in [2.24, 2.45) is 0 Å². The number of anilines is 1. The molecule has 1 aliphatic rings. The zero-order valence-corrected chi connectivity index (χ0v) is 20.3. The number of benzene rings is 1. The largest absolute Gasteiger partial charge is 0.497 e. The van der Waals surface area contributed by atoms with E-state index in [-0.39, 0.29) is 6.04 Å². The molecule has 3 aromatic rings. The molecule has 0 aliphatic carbocycles. The molecule has 33 heavy (non-hydrogen) atoms. The highest BCUT2D eigenvalue weighted by atomic mass is 16.5. The highest BCUT2D eigenvalue weighted by molar-refractivity contribution is 5.52. The maximum absolute atomic E-state index is 5.44. The molecule has 8 heteroatoms. The maximum Gasteiger partial charge on any atom is 0.228 e. The lowest BCUT2D eigenvalue weighted by molar-refractivity contribution is 0.0372. The van der Waals surface area contributed by atoms with Crippen LogP contribution in [0.4, 0.5) is 5.95 Å². The first-order valence-corrected chi connectivity index (χ1v) is 12.0. The van der Waals surface area contributed by atoms with Gasteiger partial charge in [-0.3, -0.25) is 4.90 Å². The van der Waals surface area contributed by atoms with Crippen LogP contribution in [-0.4, -0.2) is 64.4 Å². The molecule has 0 unspecified atom stereocenters. The lowest BCUT2D eigenvalue weighted by Crippen LogP contribution is -2.36. The van der Waals surface area contributed by atoms with Crippen LogP contribution >= 0.6 is 0 Å². The second kappa shape index (κ2) is 10.9. The Morgan fingerprint density at radius 2 is 1.94 bits per heavy atom. The number of morpholine rings is 1.